The molecule has 0 unspecified atom stereocenters. The van der Waals surface area contributed by atoms with Gasteiger partial charge in [-0.1, -0.05) is 18.2 Å². The number of alkyl halides is 1. The number of nitrogens with two attached hydrogens (primary N) is 1. The Labute approximate surface area is 99.1 Å². The summed E-state index contributed by atoms with van der Waals surface area (Å²) in [6.45, 7) is 0. The van der Waals surface area contributed by atoms with Crippen LogP contribution in [0.2, 0.25) is 0 Å². The van der Waals surface area contributed by atoms with Crippen LogP contribution >= 0.6 is 0 Å². The van der Waals surface area contributed by atoms with E-state index in [0.717, 1.165) is 11.4 Å². The van der Waals surface area contributed by atoms with Gasteiger partial charge < -0.3 is 5.73 Å². The molecule has 1 aromatic carbocycles. The van der Waals surface area contributed by atoms with Gasteiger partial charge in [0.1, 0.15) is 12.0 Å². The summed E-state index contributed by atoms with van der Waals surface area (Å²) in [4.78, 5) is 0. The number of aromatic nitrogens is 2. The minimum atomic E-state index is -0.664. The molecule has 2 aromatic rings. The summed E-state index contributed by atoms with van der Waals surface area (Å²) in [7, 11) is 0. The highest BCUT2D eigenvalue weighted by Crippen LogP contribution is 2.38. The van der Waals surface area contributed by atoms with E-state index in [1.165, 1.54) is 0 Å². The van der Waals surface area contributed by atoms with Crippen LogP contribution in [-0.2, 0) is 0 Å². The van der Waals surface area contributed by atoms with Crippen LogP contribution in [0.25, 0.3) is 5.69 Å². The smallest absolute Gasteiger partial charge is 0.127 e. The number of benzene rings is 1. The third-order valence-electron chi connectivity index (χ3n) is 3.26. The first-order valence-corrected chi connectivity index (χ1v) is 5.79. The normalized spacial score (nSPS) is 23.4. The molecule has 88 valence electrons. The number of para-hydroxylation sites is 1. The van der Waals surface area contributed by atoms with E-state index >= 15 is 0 Å². The van der Waals surface area contributed by atoms with Gasteiger partial charge in [0.15, 0.2) is 0 Å². The van der Waals surface area contributed by atoms with Gasteiger partial charge in [-0.2, -0.15) is 5.10 Å². The van der Waals surface area contributed by atoms with Gasteiger partial charge in [-0.25, -0.2) is 9.07 Å². The number of anilines is 1. The van der Waals surface area contributed by atoms with E-state index in [9.17, 15) is 4.39 Å². The Balaban J connectivity index is 1.91. The highest BCUT2D eigenvalue weighted by molar-refractivity contribution is 5.43. The molecule has 3 rings (SSSR count). The van der Waals surface area contributed by atoms with Gasteiger partial charge in [0.2, 0.25) is 0 Å². The number of nitrogen functional groups attached to an aromatic ring is 1. The molecule has 4 heteroatoms. The van der Waals surface area contributed by atoms with Crippen molar-refractivity contribution in [2.24, 2.45) is 0 Å². The molecule has 1 aliphatic carbocycles. The van der Waals surface area contributed by atoms with Gasteiger partial charge >= 0.3 is 0 Å². The highest BCUT2D eigenvalue weighted by atomic mass is 19.1. The lowest BCUT2D eigenvalue weighted by Gasteiger charge is -2.27. The molecule has 17 heavy (non-hydrogen) atoms. The Morgan fingerprint density at radius 1 is 1.24 bits per heavy atom. The number of halogens is 1. The summed E-state index contributed by atoms with van der Waals surface area (Å²) < 4.78 is 14.5. The second-order valence-electron chi connectivity index (χ2n) is 4.51. The molecule has 1 aromatic heterocycles. The first kappa shape index (κ1) is 10.3. The first-order valence-electron chi connectivity index (χ1n) is 5.79. The fraction of sp³-hybridized carbons (Fsp3) is 0.308. The van der Waals surface area contributed by atoms with E-state index in [1.54, 1.807) is 4.68 Å². The van der Waals surface area contributed by atoms with Crippen LogP contribution in [0.15, 0.2) is 36.4 Å². The summed E-state index contributed by atoms with van der Waals surface area (Å²) in [5.41, 5.74) is 7.77. The fourth-order valence-corrected chi connectivity index (χ4v) is 2.18. The minimum Gasteiger partial charge on any atom is -0.384 e. The molecule has 0 radical (unpaired) electrons. The van der Waals surface area contributed by atoms with Crippen molar-refractivity contribution in [1.82, 2.24) is 9.78 Å². The molecular formula is C13H14FN3. The maximum absolute atomic E-state index is 12.8. The van der Waals surface area contributed by atoms with Gasteiger partial charge in [-0.15, -0.1) is 0 Å². The van der Waals surface area contributed by atoms with Gasteiger partial charge in [-0.05, 0) is 25.0 Å². The Morgan fingerprint density at radius 3 is 2.59 bits per heavy atom. The first-order chi connectivity index (χ1) is 8.24. The second kappa shape index (κ2) is 3.87. The van der Waals surface area contributed by atoms with E-state index in [2.05, 4.69) is 5.10 Å². The van der Waals surface area contributed by atoms with Crippen LogP contribution in [0.1, 0.15) is 24.5 Å². The van der Waals surface area contributed by atoms with Crippen molar-refractivity contribution in [2.75, 3.05) is 5.73 Å². The monoisotopic (exact) mass is 231 g/mol. The van der Waals surface area contributed by atoms with Crippen molar-refractivity contribution in [2.45, 2.75) is 24.9 Å². The van der Waals surface area contributed by atoms with Crippen molar-refractivity contribution >= 4 is 5.82 Å². The molecule has 1 heterocycles. The van der Waals surface area contributed by atoms with Crippen LogP contribution in [0, 0.1) is 0 Å². The zero-order valence-corrected chi connectivity index (χ0v) is 9.38. The maximum atomic E-state index is 12.8. The number of hydrogen-bond donors (Lipinski definition) is 1. The minimum absolute atomic E-state index is 0.234. The molecule has 1 fully saturated rings. The second-order valence-corrected chi connectivity index (χ2v) is 4.51. The maximum Gasteiger partial charge on any atom is 0.127 e. The third-order valence-corrected chi connectivity index (χ3v) is 3.26. The molecular weight excluding hydrogens is 217 g/mol. The van der Waals surface area contributed by atoms with Gasteiger partial charge in [0.05, 0.1) is 11.4 Å². The fourth-order valence-electron chi connectivity index (χ4n) is 2.18. The largest absolute Gasteiger partial charge is 0.384 e. The average molecular weight is 231 g/mol. The highest BCUT2D eigenvalue weighted by Gasteiger charge is 2.32. The molecule has 0 atom stereocenters. The average Bonchev–Trinajstić information content (AvgIpc) is 2.68. The van der Waals surface area contributed by atoms with E-state index in [1.807, 2.05) is 36.4 Å². The quantitative estimate of drug-likeness (QED) is 0.863. The van der Waals surface area contributed by atoms with Crippen LogP contribution in [-0.4, -0.2) is 16.0 Å². The SMILES string of the molecule is Nc1cc(C2CC(F)C2)nn1-c1ccccc1. The molecule has 2 N–H and O–H groups in total. The van der Waals surface area contributed by atoms with Crippen LogP contribution in [0.4, 0.5) is 10.2 Å². The third kappa shape index (κ3) is 1.79. The molecule has 0 spiro atoms. The summed E-state index contributed by atoms with van der Waals surface area (Å²) in [5, 5.41) is 4.46. The summed E-state index contributed by atoms with van der Waals surface area (Å²) in [6, 6.07) is 11.6. The predicted molar refractivity (Wildman–Crippen MR) is 64.8 cm³/mol. The summed E-state index contributed by atoms with van der Waals surface area (Å²) in [6.07, 6.45) is 0.485. The number of nitrogens with zero attached hydrogens (tertiary/aromatic N) is 2. The van der Waals surface area contributed by atoms with Gasteiger partial charge in [-0.3, -0.25) is 0 Å². The lowest BCUT2D eigenvalue weighted by molar-refractivity contribution is 0.176. The van der Waals surface area contributed by atoms with Crippen LogP contribution in [0.3, 0.4) is 0 Å². The lowest BCUT2D eigenvalue weighted by Crippen LogP contribution is -2.23. The Kier molecular flexibility index (Phi) is 2.35. The van der Waals surface area contributed by atoms with Gasteiger partial charge in [0.25, 0.3) is 0 Å². The molecule has 1 aliphatic rings. The van der Waals surface area contributed by atoms with Crippen LogP contribution in [0.5, 0.6) is 0 Å². The van der Waals surface area contributed by atoms with Crippen molar-refractivity contribution in [3.05, 3.63) is 42.1 Å². The summed E-state index contributed by atoms with van der Waals surface area (Å²) >= 11 is 0. The van der Waals surface area contributed by atoms with Crippen molar-refractivity contribution < 1.29 is 4.39 Å². The Bertz CT molecular complexity index is 515. The molecule has 0 aliphatic heterocycles. The zero-order valence-electron chi connectivity index (χ0n) is 9.38. The summed E-state index contributed by atoms with van der Waals surface area (Å²) in [5.74, 6) is 0.839. The Hall–Kier alpha value is -1.84. The van der Waals surface area contributed by atoms with Crippen molar-refractivity contribution in [3.8, 4) is 5.69 Å². The molecule has 0 amide bonds. The lowest BCUT2D eigenvalue weighted by atomic mass is 9.81. The van der Waals surface area contributed by atoms with Crippen molar-refractivity contribution in [3.63, 3.8) is 0 Å². The Morgan fingerprint density at radius 2 is 1.94 bits per heavy atom. The van der Waals surface area contributed by atoms with E-state index in [4.69, 9.17) is 5.73 Å². The zero-order chi connectivity index (χ0) is 11.8. The standard InChI is InChI=1S/C13H14FN3/c14-10-6-9(7-10)12-8-13(15)17(16-12)11-4-2-1-3-5-11/h1-5,8-10H,6-7,15H2. The van der Waals surface area contributed by atoms with E-state index in [0.29, 0.717) is 18.7 Å². The number of hydrogen-bond acceptors (Lipinski definition) is 2. The van der Waals surface area contributed by atoms with Crippen molar-refractivity contribution in [1.29, 1.82) is 0 Å². The topological polar surface area (TPSA) is 43.8 Å². The van der Waals surface area contributed by atoms with E-state index in [-0.39, 0.29) is 5.92 Å². The molecule has 0 bridgehead atoms. The van der Waals surface area contributed by atoms with Crippen LogP contribution < -0.4 is 5.73 Å². The molecule has 0 saturated heterocycles. The molecule has 1 saturated carbocycles. The molecule has 3 nitrogen and oxygen atoms in total. The van der Waals surface area contributed by atoms with Gasteiger partial charge in [0, 0.05) is 12.0 Å². The van der Waals surface area contributed by atoms with E-state index < -0.39 is 6.17 Å². The number of rotatable bonds is 2. The predicted octanol–water partition coefficient (Wildman–Crippen LogP) is 2.67.